The van der Waals surface area contributed by atoms with E-state index >= 15 is 0 Å². The number of alkyl halides is 2. The molecule has 2 rings (SSSR count). The van der Waals surface area contributed by atoms with Crippen LogP contribution in [0.1, 0.15) is 12.8 Å². The number of hydrogen-bond acceptors (Lipinski definition) is 1. The van der Waals surface area contributed by atoms with Crippen molar-refractivity contribution >= 4 is 31.9 Å². The van der Waals surface area contributed by atoms with Gasteiger partial charge in [-0.25, -0.2) is 0 Å². The van der Waals surface area contributed by atoms with Gasteiger partial charge in [0, 0.05) is 9.65 Å². The molecule has 0 radical (unpaired) electrons. The van der Waals surface area contributed by atoms with Crippen LogP contribution >= 0.6 is 31.9 Å². The Morgan fingerprint density at radius 1 is 1.00 bits per heavy atom. The quantitative estimate of drug-likeness (QED) is 0.477. The Balaban J connectivity index is 1.98. The maximum absolute atomic E-state index is 5.36. The maximum atomic E-state index is 5.36. The SMILES string of the molecule is BrC1CC2OC2CC1Br. The van der Waals surface area contributed by atoms with Crippen LogP contribution in [0.25, 0.3) is 0 Å². The molecule has 2 aliphatic rings. The topological polar surface area (TPSA) is 12.5 Å². The van der Waals surface area contributed by atoms with Crippen molar-refractivity contribution in [3.8, 4) is 0 Å². The molecule has 0 aromatic carbocycles. The van der Waals surface area contributed by atoms with Gasteiger partial charge in [0.2, 0.25) is 0 Å². The highest BCUT2D eigenvalue weighted by Gasteiger charge is 2.46. The molecular formula is C6H8Br2O. The van der Waals surface area contributed by atoms with Crippen molar-refractivity contribution < 1.29 is 4.74 Å². The van der Waals surface area contributed by atoms with E-state index in [1.54, 1.807) is 0 Å². The van der Waals surface area contributed by atoms with Crippen LogP contribution in [0.2, 0.25) is 0 Å². The Labute approximate surface area is 71.4 Å². The molecule has 0 bridgehead atoms. The third-order valence-electron chi connectivity index (χ3n) is 2.00. The first-order valence-electron chi connectivity index (χ1n) is 3.21. The molecule has 9 heavy (non-hydrogen) atoms. The Morgan fingerprint density at radius 3 is 1.89 bits per heavy atom. The summed E-state index contributed by atoms with van der Waals surface area (Å²) >= 11 is 7.19. The first-order chi connectivity index (χ1) is 4.27. The van der Waals surface area contributed by atoms with Crippen molar-refractivity contribution in [1.82, 2.24) is 0 Å². The third-order valence-corrected chi connectivity index (χ3v) is 4.73. The predicted molar refractivity (Wildman–Crippen MR) is 43.3 cm³/mol. The van der Waals surface area contributed by atoms with Crippen molar-refractivity contribution in [2.45, 2.75) is 34.7 Å². The van der Waals surface area contributed by atoms with E-state index in [-0.39, 0.29) is 0 Å². The molecule has 52 valence electrons. The number of fused-ring (bicyclic) bond motifs is 1. The zero-order valence-electron chi connectivity index (χ0n) is 4.89. The van der Waals surface area contributed by atoms with Gasteiger partial charge in [0.15, 0.2) is 0 Å². The van der Waals surface area contributed by atoms with Gasteiger partial charge < -0.3 is 4.74 Å². The normalized spacial score (nSPS) is 56.7. The molecule has 4 atom stereocenters. The molecule has 1 saturated heterocycles. The third kappa shape index (κ3) is 1.19. The Morgan fingerprint density at radius 2 is 1.44 bits per heavy atom. The summed E-state index contributed by atoms with van der Waals surface area (Å²) in [5.74, 6) is 0. The van der Waals surface area contributed by atoms with E-state index in [9.17, 15) is 0 Å². The van der Waals surface area contributed by atoms with E-state index in [0.29, 0.717) is 21.9 Å². The minimum atomic E-state index is 0.586. The monoisotopic (exact) mass is 254 g/mol. The molecule has 1 aliphatic heterocycles. The summed E-state index contributed by atoms with van der Waals surface area (Å²) in [4.78, 5) is 1.25. The fraction of sp³-hybridized carbons (Fsp3) is 1.00. The van der Waals surface area contributed by atoms with Crippen LogP contribution in [0.15, 0.2) is 0 Å². The Hall–Kier alpha value is 0.920. The largest absolute Gasteiger partial charge is 0.370 e. The minimum absolute atomic E-state index is 0.586. The van der Waals surface area contributed by atoms with Crippen LogP contribution < -0.4 is 0 Å². The number of halogens is 2. The van der Waals surface area contributed by atoms with Gasteiger partial charge in [0.05, 0.1) is 12.2 Å². The highest BCUT2D eigenvalue weighted by molar-refractivity contribution is 9.12. The van der Waals surface area contributed by atoms with Crippen LogP contribution in [0.3, 0.4) is 0 Å². The molecule has 2 fully saturated rings. The van der Waals surface area contributed by atoms with E-state index in [0.717, 1.165) is 0 Å². The number of ether oxygens (including phenoxy) is 1. The molecule has 1 saturated carbocycles. The van der Waals surface area contributed by atoms with Gasteiger partial charge in [-0.2, -0.15) is 0 Å². The van der Waals surface area contributed by atoms with Crippen molar-refractivity contribution in [3.63, 3.8) is 0 Å². The molecule has 0 spiro atoms. The van der Waals surface area contributed by atoms with Crippen molar-refractivity contribution in [3.05, 3.63) is 0 Å². The second kappa shape index (κ2) is 2.21. The van der Waals surface area contributed by atoms with Crippen molar-refractivity contribution in [2.24, 2.45) is 0 Å². The highest BCUT2D eigenvalue weighted by Crippen LogP contribution is 2.41. The summed E-state index contributed by atoms with van der Waals surface area (Å²) in [5, 5.41) is 0. The first-order valence-corrected chi connectivity index (χ1v) is 5.04. The predicted octanol–water partition coefficient (Wildman–Crippen LogP) is 2.07. The average molecular weight is 256 g/mol. The molecule has 1 heterocycles. The van der Waals surface area contributed by atoms with Gasteiger partial charge in [-0.1, -0.05) is 31.9 Å². The lowest BCUT2D eigenvalue weighted by Crippen LogP contribution is -2.24. The zero-order chi connectivity index (χ0) is 6.43. The number of rotatable bonds is 0. The van der Waals surface area contributed by atoms with Gasteiger partial charge in [-0.15, -0.1) is 0 Å². The molecule has 4 unspecified atom stereocenters. The summed E-state index contributed by atoms with van der Waals surface area (Å²) in [6.07, 6.45) is 3.53. The maximum Gasteiger partial charge on any atom is 0.0853 e. The number of epoxide rings is 1. The molecule has 1 aliphatic carbocycles. The van der Waals surface area contributed by atoms with Gasteiger partial charge in [0.1, 0.15) is 0 Å². The Kier molecular flexibility index (Phi) is 1.62. The van der Waals surface area contributed by atoms with Crippen LogP contribution in [0.4, 0.5) is 0 Å². The average Bonchev–Trinajstić information content (AvgIpc) is 2.46. The van der Waals surface area contributed by atoms with Crippen LogP contribution in [0.5, 0.6) is 0 Å². The highest BCUT2D eigenvalue weighted by atomic mass is 79.9. The lowest BCUT2D eigenvalue weighted by Gasteiger charge is -2.18. The van der Waals surface area contributed by atoms with E-state index in [4.69, 9.17) is 4.74 Å². The molecule has 3 heteroatoms. The standard InChI is InChI=1S/C6H8Br2O/c7-3-1-5-6(9-5)2-4(3)8/h3-6H,1-2H2. The lowest BCUT2D eigenvalue weighted by molar-refractivity contribution is 0.373. The number of hydrogen-bond donors (Lipinski definition) is 0. The van der Waals surface area contributed by atoms with Gasteiger partial charge in [-0.05, 0) is 12.8 Å². The second-order valence-electron chi connectivity index (χ2n) is 2.72. The van der Waals surface area contributed by atoms with Crippen LogP contribution in [-0.4, -0.2) is 21.9 Å². The van der Waals surface area contributed by atoms with Crippen molar-refractivity contribution in [2.75, 3.05) is 0 Å². The van der Waals surface area contributed by atoms with E-state index < -0.39 is 0 Å². The summed E-state index contributed by atoms with van der Waals surface area (Å²) in [6, 6.07) is 0. The zero-order valence-corrected chi connectivity index (χ0v) is 8.06. The van der Waals surface area contributed by atoms with Crippen LogP contribution in [-0.2, 0) is 4.74 Å². The summed E-state index contributed by atoms with van der Waals surface area (Å²) < 4.78 is 5.36. The van der Waals surface area contributed by atoms with E-state index in [1.807, 2.05) is 0 Å². The molecule has 0 amide bonds. The van der Waals surface area contributed by atoms with Gasteiger partial charge in [-0.3, -0.25) is 0 Å². The molecule has 0 N–H and O–H groups in total. The smallest absolute Gasteiger partial charge is 0.0853 e. The van der Waals surface area contributed by atoms with Gasteiger partial charge in [0.25, 0.3) is 0 Å². The Bertz CT molecular complexity index is 114. The van der Waals surface area contributed by atoms with Crippen LogP contribution in [0, 0.1) is 0 Å². The molecule has 1 nitrogen and oxygen atoms in total. The summed E-state index contributed by atoms with van der Waals surface area (Å²) in [6.45, 7) is 0. The second-order valence-corrected chi connectivity index (χ2v) is 5.07. The first kappa shape index (κ1) is 6.62. The molecule has 0 aromatic heterocycles. The fourth-order valence-electron chi connectivity index (χ4n) is 1.33. The minimum Gasteiger partial charge on any atom is -0.370 e. The summed E-state index contributed by atoms with van der Waals surface area (Å²) in [5.41, 5.74) is 0. The fourth-order valence-corrected chi connectivity index (χ4v) is 2.50. The molecule has 0 aromatic rings. The lowest BCUT2D eigenvalue weighted by atomic mass is 10.0. The molecular weight excluding hydrogens is 248 g/mol. The summed E-state index contributed by atoms with van der Waals surface area (Å²) in [7, 11) is 0. The van der Waals surface area contributed by atoms with Gasteiger partial charge >= 0.3 is 0 Å². The van der Waals surface area contributed by atoms with E-state index in [1.165, 1.54) is 12.8 Å². The van der Waals surface area contributed by atoms with Crippen molar-refractivity contribution in [1.29, 1.82) is 0 Å². The van der Waals surface area contributed by atoms with E-state index in [2.05, 4.69) is 31.9 Å².